The quantitative estimate of drug-likeness (QED) is 0.584. The zero-order valence-corrected chi connectivity index (χ0v) is 17.2. The average Bonchev–Trinajstić information content (AvgIpc) is 2.88. The van der Waals surface area contributed by atoms with E-state index in [0.717, 1.165) is 11.5 Å². The number of halogens is 1. The van der Waals surface area contributed by atoms with Gasteiger partial charge in [0.25, 0.3) is 5.91 Å². The Bertz CT molecular complexity index is 781. The molecule has 0 bridgehead atoms. The van der Waals surface area contributed by atoms with Crippen LogP contribution in [0.25, 0.3) is 0 Å². The van der Waals surface area contributed by atoms with Crippen molar-refractivity contribution in [1.82, 2.24) is 5.32 Å². The SMILES string of the molecule is CCOC(=O)C1(NC(=O)CC2(O)C(=O)Nc3c(Br)cccc32)CCSCC1. The molecule has 1 aromatic carbocycles. The Morgan fingerprint density at radius 1 is 1.37 bits per heavy atom. The zero-order chi connectivity index (χ0) is 19.7. The van der Waals surface area contributed by atoms with Gasteiger partial charge in [-0.2, -0.15) is 11.8 Å². The molecule has 0 radical (unpaired) electrons. The Labute approximate surface area is 169 Å². The first kappa shape index (κ1) is 20.2. The van der Waals surface area contributed by atoms with Crippen LogP contribution < -0.4 is 10.6 Å². The fourth-order valence-electron chi connectivity index (χ4n) is 3.42. The van der Waals surface area contributed by atoms with Crippen molar-refractivity contribution < 1.29 is 24.2 Å². The predicted molar refractivity (Wildman–Crippen MR) is 105 cm³/mol. The van der Waals surface area contributed by atoms with Gasteiger partial charge in [-0.15, -0.1) is 0 Å². The van der Waals surface area contributed by atoms with Crippen LogP contribution in [0.4, 0.5) is 5.69 Å². The molecule has 3 N–H and O–H groups in total. The number of carbonyl (C=O) groups excluding carboxylic acids is 3. The maximum Gasteiger partial charge on any atom is 0.331 e. The summed E-state index contributed by atoms with van der Waals surface area (Å²) in [5.41, 5.74) is -2.31. The lowest BCUT2D eigenvalue weighted by molar-refractivity contribution is -0.155. The Morgan fingerprint density at radius 3 is 2.74 bits per heavy atom. The minimum absolute atomic E-state index is 0.220. The van der Waals surface area contributed by atoms with Gasteiger partial charge in [0.05, 0.1) is 18.7 Å². The van der Waals surface area contributed by atoms with E-state index in [1.165, 1.54) is 0 Å². The average molecular weight is 457 g/mol. The first-order valence-corrected chi connectivity index (χ1v) is 10.7. The lowest BCUT2D eigenvalue weighted by atomic mass is 9.88. The normalized spacial score (nSPS) is 23.3. The molecule has 3 rings (SSSR count). The van der Waals surface area contributed by atoms with Crippen LogP contribution in [0.3, 0.4) is 0 Å². The van der Waals surface area contributed by atoms with Gasteiger partial charge in [-0.25, -0.2) is 4.79 Å². The topological polar surface area (TPSA) is 105 Å². The van der Waals surface area contributed by atoms with Gasteiger partial charge in [0.1, 0.15) is 5.54 Å². The van der Waals surface area contributed by atoms with Gasteiger partial charge in [-0.3, -0.25) is 9.59 Å². The molecule has 1 unspecified atom stereocenters. The van der Waals surface area contributed by atoms with Crippen molar-refractivity contribution >= 4 is 51.2 Å². The number of anilines is 1. The van der Waals surface area contributed by atoms with E-state index in [0.29, 0.717) is 28.6 Å². The number of hydrogen-bond acceptors (Lipinski definition) is 6. The fraction of sp³-hybridized carbons (Fsp3) is 0.500. The summed E-state index contributed by atoms with van der Waals surface area (Å²) in [6.07, 6.45) is 0.431. The molecular weight excluding hydrogens is 436 g/mol. The highest BCUT2D eigenvalue weighted by molar-refractivity contribution is 9.10. The number of ether oxygens (including phenoxy) is 1. The van der Waals surface area contributed by atoms with E-state index in [4.69, 9.17) is 4.74 Å². The Hall–Kier alpha value is -1.58. The number of aliphatic hydroxyl groups is 1. The van der Waals surface area contributed by atoms with E-state index >= 15 is 0 Å². The van der Waals surface area contributed by atoms with Crippen LogP contribution in [0.5, 0.6) is 0 Å². The standard InChI is InChI=1S/C18H21BrN2O5S/c1-2-26-16(24)17(6-8-27-9-7-17)21-13(22)10-18(25)11-4-3-5-12(19)14(11)20-15(18)23/h3-5,25H,2,6-10H2,1H3,(H,20,23)(H,21,22). The van der Waals surface area contributed by atoms with E-state index in [9.17, 15) is 19.5 Å². The van der Waals surface area contributed by atoms with E-state index in [1.54, 1.807) is 36.9 Å². The largest absolute Gasteiger partial charge is 0.464 e. The molecule has 2 aliphatic heterocycles. The first-order chi connectivity index (χ1) is 12.8. The lowest BCUT2D eigenvalue weighted by Crippen LogP contribution is -2.58. The molecule has 0 spiro atoms. The number of esters is 1. The number of rotatable bonds is 5. The van der Waals surface area contributed by atoms with E-state index < -0.39 is 35.3 Å². The minimum Gasteiger partial charge on any atom is -0.464 e. The number of carbonyl (C=O) groups is 3. The summed E-state index contributed by atoms with van der Waals surface area (Å²) in [6, 6.07) is 5.02. The molecule has 1 fully saturated rings. The number of benzene rings is 1. The van der Waals surface area contributed by atoms with Crippen molar-refractivity contribution in [3.05, 3.63) is 28.2 Å². The Balaban J connectivity index is 1.81. The smallest absolute Gasteiger partial charge is 0.331 e. The van der Waals surface area contributed by atoms with Gasteiger partial charge in [0.2, 0.25) is 5.91 Å². The second-order valence-electron chi connectivity index (χ2n) is 6.62. The van der Waals surface area contributed by atoms with Crippen LogP contribution >= 0.6 is 27.7 Å². The van der Waals surface area contributed by atoms with E-state index in [-0.39, 0.29) is 6.61 Å². The van der Waals surface area contributed by atoms with Crippen LogP contribution in [0.1, 0.15) is 31.7 Å². The summed E-state index contributed by atoms with van der Waals surface area (Å²) in [5.74, 6) is -0.256. The fourth-order valence-corrected chi connectivity index (χ4v) is 5.08. The highest BCUT2D eigenvalue weighted by atomic mass is 79.9. The molecule has 2 aliphatic rings. The van der Waals surface area contributed by atoms with Crippen molar-refractivity contribution in [2.75, 3.05) is 23.4 Å². The van der Waals surface area contributed by atoms with Crippen molar-refractivity contribution in [1.29, 1.82) is 0 Å². The molecule has 0 saturated carbocycles. The molecule has 1 atom stereocenters. The van der Waals surface area contributed by atoms with Crippen LogP contribution in [-0.4, -0.2) is 46.5 Å². The van der Waals surface area contributed by atoms with Crippen molar-refractivity contribution in [3.63, 3.8) is 0 Å². The third kappa shape index (κ3) is 3.72. The van der Waals surface area contributed by atoms with Crippen molar-refractivity contribution in [2.24, 2.45) is 0 Å². The number of thioether (sulfide) groups is 1. The van der Waals surface area contributed by atoms with Crippen molar-refractivity contribution in [3.8, 4) is 0 Å². The van der Waals surface area contributed by atoms with Crippen LogP contribution in [-0.2, 0) is 24.7 Å². The molecule has 9 heteroatoms. The molecule has 0 aromatic heterocycles. The van der Waals surface area contributed by atoms with Gasteiger partial charge in [0.15, 0.2) is 5.60 Å². The van der Waals surface area contributed by atoms with Gasteiger partial charge in [-0.1, -0.05) is 12.1 Å². The van der Waals surface area contributed by atoms with Crippen LogP contribution in [0.2, 0.25) is 0 Å². The number of amides is 2. The van der Waals surface area contributed by atoms with Crippen LogP contribution in [0, 0.1) is 0 Å². The number of nitrogens with one attached hydrogen (secondary N) is 2. The third-order valence-corrected chi connectivity index (χ3v) is 6.53. The summed E-state index contributed by atoms with van der Waals surface area (Å²) in [6.45, 7) is 1.93. The first-order valence-electron chi connectivity index (χ1n) is 8.71. The predicted octanol–water partition coefficient (Wildman–Crippen LogP) is 1.92. The van der Waals surface area contributed by atoms with E-state index in [1.807, 2.05) is 0 Å². The van der Waals surface area contributed by atoms with Gasteiger partial charge in [-0.05, 0) is 53.3 Å². The second kappa shape index (κ2) is 7.81. The molecule has 0 aliphatic carbocycles. The highest BCUT2D eigenvalue weighted by Crippen LogP contribution is 2.42. The molecule has 146 valence electrons. The molecule has 27 heavy (non-hydrogen) atoms. The summed E-state index contributed by atoms with van der Waals surface area (Å²) < 4.78 is 5.79. The maximum absolute atomic E-state index is 12.7. The lowest BCUT2D eigenvalue weighted by Gasteiger charge is -2.36. The van der Waals surface area contributed by atoms with Crippen LogP contribution in [0.15, 0.2) is 22.7 Å². The molecule has 7 nitrogen and oxygen atoms in total. The maximum atomic E-state index is 12.7. The Morgan fingerprint density at radius 2 is 2.07 bits per heavy atom. The van der Waals surface area contributed by atoms with Gasteiger partial charge >= 0.3 is 5.97 Å². The summed E-state index contributed by atoms with van der Waals surface area (Å²) in [7, 11) is 0. The summed E-state index contributed by atoms with van der Waals surface area (Å²) in [5, 5.41) is 16.3. The highest BCUT2D eigenvalue weighted by Gasteiger charge is 2.49. The molecule has 2 heterocycles. The molecule has 2 amide bonds. The van der Waals surface area contributed by atoms with Gasteiger partial charge < -0.3 is 20.5 Å². The number of fused-ring (bicyclic) bond motifs is 1. The second-order valence-corrected chi connectivity index (χ2v) is 8.70. The molecular formula is C18H21BrN2O5S. The van der Waals surface area contributed by atoms with Gasteiger partial charge in [0, 0.05) is 10.0 Å². The number of hydrogen-bond donors (Lipinski definition) is 3. The molecule has 1 saturated heterocycles. The Kier molecular flexibility index (Phi) is 5.83. The third-order valence-electron chi connectivity index (χ3n) is 4.88. The molecule has 1 aromatic rings. The van der Waals surface area contributed by atoms with E-state index in [2.05, 4.69) is 26.6 Å². The monoisotopic (exact) mass is 456 g/mol. The summed E-state index contributed by atoms with van der Waals surface area (Å²) >= 11 is 5.03. The number of para-hydroxylation sites is 1. The van der Waals surface area contributed by atoms with Crippen molar-refractivity contribution in [2.45, 2.75) is 37.3 Å². The minimum atomic E-state index is -1.98. The zero-order valence-electron chi connectivity index (χ0n) is 14.8. The summed E-state index contributed by atoms with van der Waals surface area (Å²) in [4.78, 5) is 37.6.